The largest absolute Gasteiger partial charge is 0.322 e. The van der Waals surface area contributed by atoms with Gasteiger partial charge in [-0.25, -0.2) is 9.49 Å². The number of H-pyrrole nitrogens is 1. The Labute approximate surface area is 190 Å². The van der Waals surface area contributed by atoms with E-state index in [2.05, 4.69) is 15.5 Å². The summed E-state index contributed by atoms with van der Waals surface area (Å²) >= 11 is 0.999. The molecule has 4 rings (SSSR count). The second-order valence-electron chi connectivity index (χ2n) is 6.81. The smallest absolute Gasteiger partial charge is 0.270 e. The van der Waals surface area contributed by atoms with Crippen molar-refractivity contribution < 1.29 is 14.1 Å². The summed E-state index contributed by atoms with van der Waals surface area (Å²) in [4.78, 5) is 35.6. The van der Waals surface area contributed by atoms with E-state index in [1.165, 1.54) is 24.3 Å². The third kappa shape index (κ3) is 5.13. The van der Waals surface area contributed by atoms with Crippen molar-refractivity contribution in [2.45, 2.75) is 9.79 Å². The predicted octanol–water partition coefficient (Wildman–Crippen LogP) is 4.89. The number of nitrogens with one attached hydrogen (secondary N) is 2. The van der Waals surface area contributed by atoms with Crippen LogP contribution in [0.3, 0.4) is 0 Å². The van der Waals surface area contributed by atoms with Crippen molar-refractivity contribution in [3.63, 3.8) is 0 Å². The molecular weight excluding hydrogens is 447 g/mol. The van der Waals surface area contributed by atoms with Gasteiger partial charge in [-0.2, -0.15) is 5.10 Å². The van der Waals surface area contributed by atoms with Gasteiger partial charge in [0.15, 0.2) is 0 Å². The normalized spacial score (nSPS) is 10.6. The van der Waals surface area contributed by atoms with E-state index in [0.717, 1.165) is 17.8 Å². The van der Waals surface area contributed by atoms with Crippen LogP contribution in [-0.4, -0.2) is 21.0 Å². The van der Waals surface area contributed by atoms with Crippen LogP contribution in [-0.2, 0) is 0 Å². The van der Waals surface area contributed by atoms with Gasteiger partial charge in [0.1, 0.15) is 5.82 Å². The molecule has 8 nitrogen and oxygen atoms in total. The fourth-order valence-electron chi connectivity index (χ4n) is 3.00. The van der Waals surface area contributed by atoms with E-state index in [1.807, 2.05) is 0 Å². The maximum Gasteiger partial charge on any atom is 0.270 e. The third-order valence-electron chi connectivity index (χ3n) is 4.57. The number of nitro groups is 1. The molecule has 0 spiro atoms. The van der Waals surface area contributed by atoms with Crippen LogP contribution in [0, 0.1) is 15.9 Å². The van der Waals surface area contributed by atoms with Crippen molar-refractivity contribution in [1.82, 2.24) is 10.2 Å². The molecule has 0 aliphatic heterocycles. The minimum absolute atomic E-state index is 0.0324. The molecule has 1 amide bonds. The second-order valence-corrected chi connectivity index (χ2v) is 7.90. The number of benzene rings is 3. The summed E-state index contributed by atoms with van der Waals surface area (Å²) in [5, 5.41) is 20.3. The number of aromatic amines is 1. The van der Waals surface area contributed by atoms with E-state index in [-0.39, 0.29) is 21.7 Å². The lowest BCUT2D eigenvalue weighted by Gasteiger charge is -2.11. The topological polar surface area (TPSA) is 118 Å². The summed E-state index contributed by atoms with van der Waals surface area (Å²) in [6, 6.07) is 19.5. The van der Waals surface area contributed by atoms with Crippen molar-refractivity contribution >= 4 is 29.0 Å². The lowest BCUT2D eigenvalue weighted by molar-refractivity contribution is -0.384. The zero-order chi connectivity index (χ0) is 23.4. The van der Waals surface area contributed by atoms with Crippen LogP contribution in [0.2, 0.25) is 0 Å². The number of carbonyl (C=O) groups excluding carboxylic acids is 1. The van der Waals surface area contributed by atoms with Crippen molar-refractivity contribution in [3.05, 3.63) is 111 Å². The Bertz CT molecular complexity index is 1400. The first-order chi connectivity index (χ1) is 15.9. The highest BCUT2D eigenvalue weighted by molar-refractivity contribution is 7.99. The molecule has 0 aliphatic rings. The van der Waals surface area contributed by atoms with Gasteiger partial charge < -0.3 is 5.32 Å². The molecule has 0 aliphatic carbocycles. The molecule has 10 heteroatoms. The van der Waals surface area contributed by atoms with Gasteiger partial charge >= 0.3 is 0 Å². The van der Waals surface area contributed by atoms with Gasteiger partial charge in [0, 0.05) is 39.2 Å². The fourth-order valence-corrected chi connectivity index (χ4v) is 3.95. The van der Waals surface area contributed by atoms with Gasteiger partial charge in [0.2, 0.25) is 0 Å². The van der Waals surface area contributed by atoms with Gasteiger partial charge in [-0.3, -0.25) is 19.7 Å². The first kappa shape index (κ1) is 21.9. The van der Waals surface area contributed by atoms with Crippen LogP contribution in [0.5, 0.6) is 0 Å². The molecule has 3 aromatic carbocycles. The van der Waals surface area contributed by atoms with Crippen LogP contribution in [0.4, 0.5) is 15.8 Å². The summed E-state index contributed by atoms with van der Waals surface area (Å²) < 4.78 is 14.1. The van der Waals surface area contributed by atoms with Crippen LogP contribution in [0.25, 0.3) is 11.3 Å². The summed E-state index contributed by atoms with van der Waals surface area (Å²) in [6.45, 7) is 0. The van der Waals surface area contributed by atoms with E-state index in [0.29, 0.717) is 21.8 Å². The van der Waals surface area contributed by atoms with Crippen molar-refractivity contribution in [2.24, 2.45) is 0 Å². The molecule has 33 heavy (non-hydrogen) atoms. The SMILES string of the molecule is O=C(Nc1cccc(-c2ccc(=O)[nH]n2)c1)c1cc([N+](=O)[O-])ccc1Sc1ccccc1F. The molecule has 0 saturated carbocycles. The average molecular weight is 462 g/mol. The van der Waals surface area contributed by atoms with Gasteiger partial charge in [-0.1, -0.05) is 36.0 Å². The number of carbonyl (C=O) groups is 1. The second kappa shape index (κ2) is 9.45. The standard InChI is InChI=1S/C23H15FN4O4S/c24-18-6-1-2-7-21(18)33-20-10-8-16(28(31)32)13-17(20)23(30)25-15-5-3-4-14(12-15)19-9-11-22(29)27-26-19/h1-13H,(H,25,30)(H,27,29). The molecule has 0 fully saturated rings. The van der Waals surface area contributed by atoms with Crippen molar-refractivity contribution in [1.29, 1.82) is 0 Å². The molecule has 0 atom stereocenters. The number of anilines is 1. The number of halogens is 1. The zero-order valence-corrected chi connectivity index (χ0v) is 17.6. The third-order valence-corrected chi connectivity index (χ3v) is 5.70. The van der Waals surface area contributed by atoms with Crippen LogP contribution < -0.4 is 10.9 Å². The number of rotatable bonds is 6. The molecule has 1 heterocycles. The zero-order valence-electron chi connectivity index (χ0n) is 16.8. The number of amides is 1. The van der Waals surface area contributed by atoms with Gasteiger partial charge in [0.05, 0.1) is 16.2 Å². The number of non-ortho nitro benzene ring substituents is 1. The number of nitro benzene ring substituents is 1. The number of hydrogen-bond acceptors (Lipinski definition) is 6. The van der Waals surface area contributed by atoms with Crippen molar-refractivity contribution in [3.8, 4) is 11.3 Å². The van der Waals surface area contributed by atoms with Crippen LogP contribution in [0.1, 0.15) is 10.4 Å². The summed E-state index contributed by atoms with van der Waals surface area (Å²) in [6.07, 6.45) is 0. The summed E-state index contributed by atoms with van der Waals surface area (Å²) in [7, 11) is 0. The highest BCUT2D eigenvalue weighted by Crippen LogP contribution is 2.34. The molecule has 1 aromatic heterocycles. The number of hydrogen-bond donors (Lipinski definition) is 2. The predicted molar refractivity (Wildman–Crippen MR) is 122 cm³/mol. The number of nitrogens with zero attached hydrogens (tertiary/aromatic N) is 2. The fraction of sp³-hybridized carbons (Fsp3) is 0. The molecule has 164 valence electrons. The Kier molecular flexibility index (Phi) is 6.27. The maximum absolute atomic E-state index is 14.1. The van der Waals surface area contributed by atoms with Crippen LogP contribution >= 0.6 is 11.8 Å². The molecule has 4 aromatic rings. The van der Waals surface area contributed by atoms with Crippen molar-refractivity contribution in [2.75, 3.05) is 5.32 Å². The molecule has 0 unspecified atom stereocenters. The highest BCUT2D eigenvalue weighted by atomic mass is 32.2. The van der Waals surface area contributed by atoms with Gasteiger partial charge in [-0.15, -0.1) is 0 Å². The van der Waals surface area contributed by atoms with Gasteiger partial charge in [-0.05, 0) is 36.4 Å². The molecule has 0 bridgehead atoms. The quantitative estimate of drug-likeness (QED) is 0.311. The number of aromatic nitrogens is 2. The van der Waals surface area contributed by atoms with E-state index in [1.54, 1.807) is 48.5 Å². The maximum atomic E-state index is 14.1. The van der Waals surface area contributed by atoms with E-state index >= 15 is 0 Å². The summed E-state index contributed by atoms with van der Waals surface area (Å²) in [5.41, 5.74) is 0.989. The van der Waals surface area contributed by atoms with Gasteiger partial charge in [0.25, 0.3) is 17.2 Å². The Hall–Kier alpha value is -4.31. The minimum Gasteiger partial charge on any atom is -0.322 e. The molecule has 0 saturated heterocycles. The van der Waals surface area contributed by atoms with Crippen LogP contribution in [0.15, 0.2) is 93.4 Å². The Balaban J connectivity index is 1.66. The average Bonchev–Trinajstić information content (AvgIpc) is 2.81. The lowest BCUT2D eigenvalue weighted by Crippen LogP contribution is -2.13. The first-order valence-electron chi connectivity index (χ1n) is 9.59. The highest BCUT2D eigenvalue weighted by Gasteiger charge is 2.19. The summed E-state index contributed by atoms with van der Waals surface area (Å²) in [5.74, 6) is -1.06. The molecule has 2 N–H and O–H groups in total. The first-order valence-corrected chi connectivity index (χ1v) is 10.4. The Morgan fingerprint density at radius 3 is 2.55 bits per heavy atom. The van der Waals surface area contributed by atoms with E-state index in [4.69, 9.17) is 0 Å². The monoisotopic (exact) mass is 462 g/mol. The minimum atomic E-state index is -0.600. The lowest BCUT2D eigenvalue weighted by atomic mass is 10.1. The van der Waals surface area contributed by atoms with E-state index in [9.17, 15) is 24.1 Å². The Morgan fingerprint density at radius 2 is 1.82 bits per heavy atom. The van der Waals surface area contributed by atoms with E-state index < -0.39 is 16.6 Å². The molecular formula is C23H15FN4O4S. The molecule has 0 radical (unpaired) electrons. The Morgan fingerprint density at radius 1 is 1.00 bits per heavy atom.